The van der Waals surface area contributed by atoms with Gasteiger partial charge in [0.25, 0.3) is 0 Å². The van der Waals surface area contributed by atoms with E-state index in [1.807, 2.05) is 0 Å². The Balaban J connectivity index is 2.14. The zero-order chi connectivity index (χ0) is 17.4. The predicted molar refractivity (Wildman–Crippen MR) is 85.6 cm³/mol. The maximum Gasteiger partial charge on any atom is 0.164 e. The zero-order valence-corrected chi connectivity index (χ0v) is 13.8. The third-order valence-corrected chi connectivity index (χ3v) is 5.20. The molecule has 0 aromatic carbocycles. The van der Waals surface area contributed by atoms with Crippen LogP contribution in [0.3, 0.4) is 0 Å². The Hall–Kier alpha value is -1.34. The van der Waals surface area contributed by atoms with Gasteiger partial charge >= 0.3 is 0 Å². The number of aryl methyl sites for hydroxylation is 1. The number of aliphatic hydroxyl groups is 4. The number of aromatic nitrogens is 1. The van der Waals surface area contributed by atoms with Crippen molar-refractivity contribution in [1.82, 2.24) is 4.57 Å². The maximum atomic E-state index is 10.4. The number of hydrogen-bond donors (Lipinski definition) is 4. The number of hydrogen-bond acceptors (Lipinski definition) is 7. The number of rotatable bonds is 2. The van der Waals surface area contributed by atoms with Gasteiger partial charge in [-0.15, -0.1) is 0 Å². The van der Waals surface area contributed by atoms with Crippen molar-refractivity contribution < 1.29 is 25.2 Å². The van der Waals surface area contributed by atoms with Crippen molar-refractivity contribution in [3.8, 4) is 6.07 Å². The van der Waals surface area contributed by atoms with Crippen molar-refractivity contribution in [3.05, 3.63) is 27.5 Å². The van der Waals surface area contributed by atoms with Gasteiger partial charge in [-0.1, -0.05) is 12.2 Å². The Morgan fingerprint density at radius 3 is 2.58 bits per heavy atom. The summed E-state index contributed by atoms with van der Waals surface area (Å²) in [6, 6.07) is 3.84. The molecule has 8 heteroatoms. The molecule has 0 unspecified atom stereocenters. The van der Waals surface area contributed by atoms with E-state index < -0.39 is 37.3 Å². The molecule has 0 radical (unpaired) electrons. The highest BCUT2D eigenvalue weighted by Gasteiger charge is 2.45. The van der Waals surface area contributed by atoms with E-state index in [1.54, 1.807) is 10.6 Å². The average molecular weight is 352 g/mol. The molecule has 1 aliphatic carbocycles. The molecular formula is C16H20N2O5S. The molecule has 1 fully saturated rings. The molecule has 1 saturated heterocycles. The largest absolute Gasteiger partial charge is 0.394 e. The van der Waals surface area contributed by atoms with Gasteiger partial charge in [0, 0.05) is 5.69 Å². The second-order valence-electron chi connectivity index (χ2n) is 6.24. The van der Waals surface area contributed by atoms with E-state index in [-0.39, 0.29) is 4.64 Å². The first-order valence-corrected chi connectivity index (χ1v) is 8.38. The Morgan fingerprint density at radius 2 is 1.92 bits per heavy atom. The Bertz CT molecular complexity index is 726. The maximum absolute atomic E-state index is 10.4. The summed E-state index contributed by atoms with van der Waals surface area (Å²) in [6.45, 7) is -0.505. The molecule has 130 valence electrons. The number of nitrogens with zero attached hydrogens (tertiary/aromatic N) is 2. The lowest BCUT2D eigenvalue weighted by molar-refractivity contribution is -0.252. The van der Waals surface area contributed by atoms with Gasteiger partial charge in [0.1, 0.15) is 35.1 Å². The molecule has 1 aromatic heterocycles. The third kappa shape index (κ3) is 2.77. The van der Waals surface area contributed by atoms with Crippen LogP contribution in [0.1, 0.15) is 35.9 Å². The lowest BCUT2D eigenvalue weighted by Gasteiger charge is -2.42. The van der Waals surface area contributed by atoms with Crippen LogP contribution in [0.25, 0.3) is 0 Å². The Kier molecular flexibility index (Phi) is 5.01. The molecule has 3 rings (SSSR count). The smallest absolute Gasteiger partial charge is 0.164 e. The highest BCUT2D eigenvalue weighted by molar-refractivity contribution is 7.71. The van der Waals surface area contributed by atoms with E-state index in [0.29, 0.717) is 5.56 Å². The van der Waals surface area contributed by atoms with Crippen LogP contribution >= 0.6 is 12.2 Å². The van der Waals surface area contributed by atoms with Gasteiger partial charge in [-0.05, 0) is 37.3 Å². The first kappa shape index (κ1) is 17.5. The normalized spacial score (nSPS) is 32.9. The van der Waals surface area contributed by atoms with Crippen molar-refractivity contribution in [2.24, 2.45) is 0 Å². The molecule has 1 aliphatic heterocycles. The molecule has 7 nitrogen and oxygen atoms in total. The summed E-state index contributed by atoms with van der Waals surface area (Å²) in [5.74, 6) is 0. The first-order chi connectivity index (χ1) is 11.5. The quantitative estimate of drug-likeness (QED) is 0.551. The van der Waals surface area contributed by atoms with E-state index in [1.165, 1.54) is 0 Å². The summed E-state index contributed by atoms with van der Waals surface area (Å²) in [6.07, 6.45) is -2.92. The monoisotopic (exact) mass is 352 g/mol. The summed E-state index contributed by atoms with van der Waals surface area (Å²) < 4.78 is 7.44. The third-order valence-electron chi connectivity index (χ3n) is 4.78. The number of aliphatic hydroxyl groups excluding tert-OH is 4. The van der Waals surface area contributed by atoms with E-state index in [9.17, 15) is 25.7 Å². The van der Waals surface area contributed by atoms with Gasteiger partial charge in [-0.2, -0.15) is 5.26 Å². The van der Waals surface area contributed by atoms with Gasteiger partial charge in [0.05, 0.1) is 12.2 Å². The zero-order valence-electron chi connectivity index (χ0n) is 13.0. The summed E-state index contributed by atoms with van der Waals surface area (Å²) >= 11 is 5.40. The van der Waals surface area contributed by atoms with Crippen molar-refractivity contribution in [2.45, 2.75) is 56.3 Å². The highest BCUT2D eigenvalue weighted by atomic mass is 32.1. The predicted octanol–water partition coefficient (Wildman–Crippen LogP) is -0.0595. The minimum Gasteiger partial charge on any atom is -0.394 e. The molecule has 1 aromatic rings. The van der Waals surface area contributed by atoms with Crippen molar-refractivity contribution in [2.75, 3.05) is 6.61 Å². The topological polar surface area (TPSA) is 119 Å². The molecular weight excluding hydrogens is 332 g/mol. The van der Waals surface area contributed by atoms with Crippen LogP contribution in [-0.2, 0) is 17.6 Å². The van der Waals surface area contributed by atoms with Crippen molar-refractivity contribution in [1.29, 1.82) is 5.26 Å². The van der Waals surface area contributed by atoms with Gasteiger partial charge in [-0.25, -0.2) is 0 Å². The second kappa shape index (κ2) is 6.88. The van der Waals surface area contributed by atoms with Gasteiger partial charge in [0.2, 0.25) is 0 Å². The molecule has 2 heterocycles. The summed E-state index contributed by atoms with van der Waals surface area (Å²) in [7, 11) is 0. The summed E-state index contributed by atoms with van der Waals surface area (Å²) in [4.78, 5) is 0. The van der Waals surface area contributed by atoms with Crippen LogP contribution in [0, 0.1) is 16.0 Å². The Labute approximate surface area is 144 Å². The van der Waals surface area contributed by atoms with Crippen molar-refractivity contribution >= 4 is 12.2 Å². The molecule has 2 aliphatic rings. The fraction of sp³-hybridized carbons (Fsp3) is 0.625. The highest BCUT2D eigenvalue weighted by Crippen LogP contribution is 2.33. The molecule has 0 saturated carbocycles. The fourth-order valence-corrected chi connectivity index (χ4v) is 3.79. The standard InChI is InChI=1S/C16H20N2O5S/c17-6-9-5-8-3-1-2-4-10(8)18(16(9)24)15-14(22)13(21)12(20)11(7-19)23-15/h5,11-15,19-22H,1-4,7H2/t11-,12+,13+,14+,15-/m0/s1. The molecule has 0 spiro atoms. The van der Waals surface area contributed by atoms with Crippen LogP contribution in [0.15, 0.2) is 6.07 Å². The fourth-order valence-electron chi connectivity index (χ4n) is 3.48. The summed E-state index contributed by atoms with van der Waals surface area (Å²) in [5.41, 5.74) is 2.15. The molecule has 4 N–H and O–H groups in total. The second-order valence-corrected chi connectivity index (χ2v) is 6.63. The van der Waals surface area contributed by atoms with E-state index >= 15 is 0 Å². The van der Waals surface area contributed by atoms with Crippen LogP contribution in [0.4, 0.5) is 0 Å². The van der Waals surface area contributed by atoms with Crippen LogP contribution in [-0.4, -0.2) is 56.0 Å². The number of fused-ring (bicyclic) bond motifs is 1. The molecule has 24 heavy (non-hydrogen) atoms. The lowest BCUT2D eigenvalue weighted by Crippen LogP contribution is -2.56. The van der Waals surface area contributed by atoms with E-state index in [2.05, 4.69) is 6.07 Å². The van der Waals surface area contributed by atoms with Gasteiger partial charge < -0.3 is 29.7 Å². The average Bonchev–Trinajstić information content (AvgIpc) is 2.60. The number of pyridine rings is 1. The van der Waals surface area contributed by atoms with Gasteiger partial charge in [-0.3, -0.25) is 0 Å². The molecule has 0 amide bonds. The first-order valence-electron chi connectivity index (χ1n) is 7.97. The van der Waals surface area contributed by atoms with Crippen LogP contribution in [0.5, 0.6) is 0 Å². The number of ether oxygens (including phenoxy) is 1. The van der Waals surface area contributed by atoms with Crippen molar-refractivity contribution in [3.63, 3.8) is 0 Å². The SMILES string of the molecule is N#Cc1cc2c(n([C@H]3O[C@@H](CO)[C@@H](O)[C@@H](O)[C@H]3O)c1=S)CCCC2. The Morgan fingerprint density at radius 1 is 1.21 bits per heavy atom. The van der Waals surface area contributed by atoms with Crippen LogP contribution < -0.4 is 0 Å². The van der Waals surface area contributed by atoms with Gasteiger partial charge in [0.15, 0.2) is 6.23 Å². The molecule has 0 bridgehead atoms. The number of nitriles is 1. The summed E-state index contributed by atoms with van der Waals surface area (Å²) in [5, 5.41) is 49.1. The minimum absolute atomic E-state index is 0.225. The minimum atomic E-state index is -1.48. The van der Waals surface area contributed by atoms with Crippen LogP contribution in [0.2, 0.25) is 0 Å². The molecule has 5 atom stereocenters. The van der Waals surface area contributed by atoms with E-state index in [4.69, 9.17) is 17.0 Å². The van der Waals surface area contributed by atoms with E-state index in [0.717, 1.165) is 36.9 Å². The lowest BCUT2D eigenvalue weighted by atomic mass is 9.93.